The lowest BCUT2D eigenvalue weighted by molar-refractivity contribution is 0.131. The SMILES string of the molecule is CC#CCNC(C)(C)COC. The van der Waals surface area contributed by atoms with Gasteiger partial charge in [0.25, 0.3) is 0 Å². The Balaban J connectivity index is 3.59. The summed E-state index contributed by atoms with van der Waals surface area (Å²) in [5, 5.41) is 3.26. The first-order chi connectivity index (χ1) is 5.12. The number of rotatable bonds is 4. The molecule has 0 bridgehead atoms. The molecule has 0 aromatic carbocycles. The molecular weight excluding hydrogens is 138 g/mol. The highest BCUT2D eigenvalue weighted by molar-refractivity contribution is 4.98. The molecule has 11 heavy (non-hydrogen) atoms. The smallest absolute Gasteiger partial charge is 0.0639 e. The maximum absolute atomic E-state index is 5.03. The van der Waals surface area contributed by atoms with Gasteiger partial charge in [0.05, 0.1) is 13.2 Å². The van der Waals surface area contributed by atoms with E-state index in [9.17, 15) is 0 Å². The minimum atomic E-state index is 0.0264. The zero-order valence-corrected chi connectivity index (χ0v) is 7.82. The zero-order chi connectivity index (χ0) is 8.74. The second-order valence-corrected chi connectivity index (χ2v) is 3.10. The number of ether oxygens (including phenoxy) is 1. The highest BCUT2D eigenvalue weighted by Gasteiger charge is 2.14. The normalized spacial score (nSPS) is 10.5. The van der Waals surface area contributed by atoms with E-state index in [0.29, 0.717) is 6.61 Å². The molecule has 0 aliphatic rings. The van der Waals surface area contributed by atoms with Crippen molar-refractivity contribution >= 4 is 0 Å². The van der Waals surface area contributed by atoms with Crippen molar-refractivity contribution in [1.29, 1.82) is 0 Å². The van der Waals surface area contributed by atoms with Crippen LogP contribution in [0, 0.1) is 11.8 Å². The fourth-order valence-electron chi connectivity index (χ4n) is 0.784. The van der Waals surface area contributed by atoms with Gasteiger partial charge in [-0.15, -0.1) is 5.92 Å². The van der Waals surface area contributed by atoms with Gasteiger partial charge in [-0.25, -0.2) is 0 Å². The largest absolute Gasteiger partial charge is 0.383 e. The topological polar surface area (TPSA) is 21.3 Å². The van der Waals surface area contributed by atoms with Crippen LogP contribution in [0.4, 0.5) is 0 Å². The fraction of sp³-hybridized carbons (Fsp3) is 0.778. The monoisotopic (exact) mass is 155 g/mol. The highest BCUT2D eigenvalue weighted by atomic mass is 16.5. The zero-order valence-electron chi connectivity index (χ0n) is 7.82. The van der Waals surface area contributed by atoms with Crippen molar-refractivity contribution in [1.82, 2.24) is 5.32 Å². The second-order valence-electron chi connectivity index (χ2n) is 3.10. The van der Waals surface area contributed by atoms with Gasteiger partial charge in [0.1, 0.15) is 0 Å². The summed E-state index contributed by atoms with van der Waals surface area (Å²) < 4.78 is 5.03. The third-order valence-corrected chi connectivity index (χ3v) is 1.34. The molecule has 1 N–H and O–H groups in total. The van der Waals surface area contributed by atoms with Crippen LogP contribution in [-0.4, -0.2) is 25.8 Å². The Hall–Kier alpha value is -0.520. The van der Waals surface area contributed by atoms with Crippen molar-refractivity contribution in [3.05, 3.63) is 0 Å². The molecule has 0 atom stereocenters. The Bertz CT molecular complexity index is 153. The molecule has 0 aromatic rings. The van der Waals surface area contributed by atoms with Crippen molar-refractivity contribution in [2.75, 3.05) is 20.3 Å². The van der Waals surface area contributed by atoms with Crippen molar-refractivity contribution in [3.8, 4) is 11.8 Å². The summed E-state index contributed by atoms with van der Waals surface area (Å²) in [6.07, 6.45) is 0. The summed E-state index contributed by atoms with van der Waals surface area (Å²) in [4.78, 5) is 0. The van der Waals surface area contributed by atoms with Crippen LogP contribution in [0.3, 0.4) is 0 Å². The van der Waals surface area contributed by atoms with Crippen LogP contribution in [0.25, 0.3) is 0 Å². The second kappa shape index (κ2) is 5.17. The Morgan fingerprint density at radius 2 is 2.09 bits per heavy atom. The lowest BCUT2D eigenvalue weighted by Gasteiger charge is -2.23. The van der Waals surface area contributed by atoms with Crippen molar-refractivity contribution in [2.45, 2.75) is 26.3 Å². The van der Waals surface area contributed by atoms with Gasteiger partial charge in [0.15, 0.2) is 0 Å². The maximum Gasteiger partial charge on any atom is 0.0639 e. The highest BCUT2D eigenvalue weighted by Crippen LogP contribution is 2.00. The predicted molar refractivity (Wildman–Crippen MR) is 47.4 cm³/mol. The van der Waals surface area contributed by atoms with Gasteiger partial charge in [-0.2, -0.15) is 0 Å². The first kappa shape index (κ1) is 10.5. The van der Waals surface area contributed by atoms with Gasteiger partial charge in [-0.05, 0) is 20.8 Å². The predicted octanol–water partition coefficient (Wildman–Crippen LogP) is 1.02. The summed E-state index contributed by atoms with van der Waals surface area (Å²) in [7, 11) is 1.70. The first-order valence-electron chi connectivity index (χ1n) is 3.76. The average Bonchev–Trinajstić information content (AvgIpc) is 1.87. The molecule has 0 saturated heterocycles. The van der Waals surface area contributed by atoms with E-state index in [1.165, 1.54) is 0 Å². The molecule has 0 heterocycles. The quantitative estimate of drug-likeness (QED) is 0.612. The van der Waals surface area contributed by atoms with E-state index < -0.39 is 0 Å². The van der Waals surface area contributed by atoms with Crippen LogP contribution in [0.5, 0.6) is 0 Å². The lowest BCUT2D eigenvalue weighted by Crippen LogP contribution is -2.43. The van der Waals surface area contributed by atoms with Gasteiger partial charge >= 0.3 is 0 Å². The van der Waals surface area contributed by atoms with Crippen LogP contribution in [0.15, 0.2) is 0 Å². The van der Waals surface area contributed by atoms with E-state index >= 15 is 0 Å². The lowest BCUT2D eigenvalue weighted by atomic mass is 10.1. The van der Waals surface area contributed by atoms with Gasteiger partial charge in [-0.1, -0.05) is 5.92 Å². The van der Waals surface area contributed by atoms with E-state index in [0.717, 1.165) is 6.54 Å². The van der Waals surface area contributed by atoms with E-state index in [1.54, 1.807) is 7.11 Å². The Kier molecular flexibility index (Phi) is 4.93. The summed E-state index contributed by atoms with van der Waals surface area (Å²) in [6, 6.07) is 0. The van der Waals surface area contributed by atoms with E-state index in [4.69, 9.17) is 4.74 Å². The Morgan fingerprint density at radius 3 is 2.55 bits per heavy atom. The van der Waals surface area contributed by atoms with Crippen LogP contribution in [0.2, 0.25) is 0 Å². The standard InChI is InChI=1S/C9H17NO/c1-5-6-7-10-9(2,3)8-11-4/h10H,7-8H2,1-4H3. The average molecular weight is 155 g/mol. The molecule has 0 spiro atoms. The molecule has 0 rings (SSSR count). The van der Waals surface area contributed by atoms with Crippen molar-refractivity contribution in [2.24, 2.45) is 0 Å². The minimum absolute atomic E-state index is 0.0264. The molecular formula is C9H17NO. The molecule has 0 aromatic heterocycles. The van der Waals surface area contributed by atoms with Gasteiger partial charge in [0.2, 0.25) is 0 Å². The van der Waals surface area contributed by atoms with Crippen LogP contribution >= 0.6 is 0 Å². The van der Waals surface area contributed by atoms with Crippen LogP contribution in [-0.2, 0) is 4.74 Å². The molecule has 0 aliphatic carbocycles. The van der Waals surface area contributed by atoms with Crippen LogP contribution < -0.4 is 5.32 Å². The van der Waals surface area contributed by atoms with Gasteiger partial charge in [-0.3, -0.25) is 5.32 Å². The number of methoxy groups -OCH3 is 1. The summed E-state index contributed by atoms with van der Waals surface area (Å²) >= 11 is 0. The van der Waals surface area contributed by atoms with E-state index in [2.05, 4.69) is 31.0 Å². The van der Waals surface area contributed by atoms with E-state index in [-0.39, 0.29) is 5.54 Å². The summed E-state index contributed by atoms with van der Waals surface area (Å²) in [6.45, 7) is 7.46. The summed E-state index contributed by atoms with van der Waals surface area (Å²) in [5.41, 5.74) is 0.0264. The van der Waals surface area contributed by atoms with Gasteiger partial charge < -0.3 is 4.74 Å². The van der Waals surface area contributed by atoms with Crippen molar-refractivity contribution in [3.63, 3.8) is 0 Å². The first-order valence-corrected chi connectivity index (χ1v) is 3.76. The minimum Gasteiger partial charge on any atom is -0.383 e. The number of hydrogen-bond donors (Lipinski definition) is 1. The Morgan fingerprint density at radius 1 is 1.45 bits per heavy atom. The third kappa shape index (κ3) is 5.90. The third-order valence-electron chi connectivity index (χ3n) is 1.34. The molecule has 0 saturated carbocycles. The maximum atomic E-state index is 5.03. The molecule has 0 aliphatic heterocycles. The Labute approximate surface area is 69.3 Å². The molecule has 0 amide bonds. The summed E-state index contributed by atoms with van der Waals surface area (Å²) in [5.74, 6) is 5.78. The molecule has 2 heteroatoms. The van der Waals surface area contributed by atoms with E-state index in [1.807, 2.05) is 6.92 Å². The molecule has 0 unspecified atom stereocenters. The van der Waals surface area contributed by atoms with Crippen molar-refractivity contribution < 1.29 is 4.74 Å². The number of nitrogens with one attached hydrogen (secondary N) is 1. The molecule has 0 radical (unpaired) electrons. The van der Waals surface area contributed by atoms with Crippen LogP contribution in [0.1, 0.15) is 20.8 Å². The number of hydrogen-bond acceptors (Lipinski definition) is 2. The molecule has 64 valence electrons. The fourth-order valence-corrected chi connectivity index (χ4v) is 0.784. The molecule has 2 nitrogen and oxygen atoms in total. The molecule has 0 fully saturated rings. The van der Waals surface area contributed by atoms with Gasteiger partial charge in [0, 0.05) is 12.6 Å².